The van der Waals surface area contributed by atoms with Gasteiger partial charge in [0, 0.05) is 43.8 Å². The van der Waals surface area contributed by atoms with Crippen LogP contribution in [0.1, 0.15) is 5.56 Å². The van der Waals surface area contributed by atoms with Crippen molar-refractivity contribution in [1.29, 1.82) is 0 Å². The van der Waals surface area contributed by atoms with Gasteiger partial charge in [-0.2, -0.15) is 0 Å². The Morgan fingerprint density at radius 3 is 2.85 bits per heavy atom. The molecular weight excluding hydrogens is 258 g/mol. The van der Waals surface area contributed by atoms with E-state index in [4.69, 9.17) is 5.84 Å². The molecule has 0 fully saturated rings. The predicted octanol–water partition coefficient (Wildman–Crippen LogP) is 1.91. The van der Waals surface area contributed by atoms with E-state index in [1.807, 2.05) is 24.1 Å². The van der Waals surface area contributed by atoms with Gasteiger partial charge in [0.25, 0.3) is 5.69 Å². The Morgan fingerprint density at radius 1 is 1.45 bits per heavy atom. The highest BCUT2D eigenvalue weighted by atomic mass is 16.6. The second-order valence-electron chi connectivity index (χ2n) is 4.36. The largest absolute Gasteiger partial charge is 0.370 e. The SMILES string of the molecule is CN(Cc1cccnc1)c1cc(NN)cc([N+](=O)[O-])c1. The number of aromatic nitrogens is 1. The molecule has 20 heavy (non-hydrogen) atoms. The van der Waals surface area contributed by atoms with E-state index < -0.39 is 4.92 Å². The zero-order valence-electron chi connectivity index (χ0n) is 11.0. The van der Waals surface area contributed by atoms with Crippen LogP contribution in [0.25, 0.3) is 0 Å². The van der Waals surface area contributed by atoms with Gasteiger partial charge in [-0.25, -0.2) is 0 Å². The number of nitro benzene ring substituents is 1. The highest BCUT2D eigenvalue weighted by Crippen LogP contribution is 2.26. The summed E-state index contributed by atoms with van der Waals surface area (Å²) < 4.78 is 0. The molecular formula is C13H15N5O2. The van der Waals surface area contributed by atoms with Crippen LogP contribution in [-0.4, -0.2) is 17.0 Å². The van der Waals surface area contributed by atoms with E-state index in [-0.39, 0.29) is 5.69 Å². The van der Waals surface area contributed by atoms with Gasteiger partial charge in [-0.3, -0.25) is 20.9 Å². The molecule has 2 aromatic rings. The fourth-order valence-electron chi connectivity index (χ4n) is 1.86. The molecule has 0 bridgehead atoms. The summed E-state index contributed by atoms with van der Waals surface area (Å²) in [7, 11) is 1.85. The summed E-state index contributed by atoms with van der Waals surface area (Å²) in [6.07, 6.45) is 3.46. The third kappa shape index (κ3) is 3.21. The predicted molar refractivity (Wildman–Crippen MR) is 77.3 cm³/mol. The van der Waals surface area contributed by atoms with Crippen LogP contribution in [0, 0.1) is 10.1 Å². The van der Waals surface area contributed by atoms with Gasteiger partial charge in [-0.1, -0.05) is 6.07 Å². The average Bonchev–Trinajstić information content (AvgIpc) is 2.47. The summed E-state index contributed by atoms with van der Waals surface area (Å²) in [6.45, 7) is 0.596. The van der Waals surface area contributed by atoms with E-state index in [0.717, 1.165) is 5.56 Å². The summed E-state index contributed by atoms with van der Waals surface area (Å²) in [5.74, 6) is 5.34. The molecule has 0 radical (unpaired) electrons. The van der Waals surface area contributed by atoms with Gasteiger partial charge in [0.05, 0.1) is 10.6 Å². The number of anilines is 2. The molecule has 0 spiro atoms. The maximum atomic E-state index is 10.9. The number of nitrogens with zero attached hydrogens (tertiary/aromatic N) is 3. The molecule has 0 aliphatic carbocycles. The fourth-order valence-corrected chi connectivity index (χ4v) is 1.86. The van der Waals surface area contributed by atoms with Gasteiger partial charge in [0.15, 0.2) is 0 Å². The molecule has 0 aliphatic rings. The number of nitrogen functional groups attached to an aromatic ring is 1. The molecule has 0 aliphatic heterocycles. The van der Waals surface area contributed by atoms with Crippen LogP contribution in [0.3, 0.4) is 0 Å². The maximum absolute atomic E-state index is 10.9. The quantitative estimate of drug-likeness (QED) is 0.490. The first-order chi connectivity index (χ1) is 9.60. The summed E-state index contributed by atoms with van der Waals surface area (Å²) in [5, 5.41) is 10.9. The zero-order valence-corrected chi connectivity index (χ0v) is 11.0. The second kappa shape index (κ2) is 5.98. The van der Waals surface area contributed by atoms with Crippen LogP contribution in [0.4, 0.5) is 17.1 Å². The minimum absolute atomic E-state index is 0.00603. The van der Waals surface area contributed by atoms with Crippen LogP contribution in [-0.2, 0) is 6.54 Å². The highest BCUT2D eigenvalue weighted by Gasteiger charge is 2.12. The summed E-state index contributed by atoms with van der Waals surface area (Å²) in [6, 6.07) is 8.45. The number of nitro groups is 1. The van der Waals surface area contributed by atoms with E-state index in [1.54, 1.807) is 18.5 Å². The summed E-state index contributed by atoms with van der Waals surface area (Å²) >= 11 is 0. The lowest BCUT2D eigenvalue weighted by atomic mass is 10.2. The minimum Gasteiger partial charge on any atom is -0.370 e. The first kappa shape index (κ1) is 13.8. The molecule has 1 heterocycles. The lowest BCUT2D eigenvalue weighted by Gasteiger charge is -2.19. The molecule has 3 N–H and O–H groups in total. The van der Waals surface area contributed by atoms with Crippen molar-refractivity contribution in [2.45, 2.75) is 6.54 Å². The van der Waals surface area contributed by atoms with E-state index in [0.29, 0.717) is 17.9 Å². The van der Waals surface area contributed by atoms with Crippen molar-refractivity contribution in [3.05, 3.63) is 58.4 Å². The molecule has 104 valence electrons. The number of hydrogen-bond acceptors (Lipinski definition) is 6. The topological polar surface area (TPSA) is 97.3 Å². The number of nitrogens with two attached hydrogens (primary N) is 1. The van der Waals surface area contributed by atoms with Gasteiger partial charge in [-0.15, -0.1) is 0 Å². The number of benzene rings is 1. The first-order valence-electron chi connectivity index (χ1n) is 5.96. The molecule has 0 saturated carbocycles. The highest BCUT2D eigenvalue weighted by molar-refractivity contribution is 5.64. The van der Waals surface area contributed by atoms with E-state index in [1.165, 1.54) is 12.1 Å². The zero-order chi connectivity index (χ0) is 14.5. The maximum Gasteiger partial charge on any atom is 0.273 e. The molecule has 0 unspecified atom stereocenters. The van der Waals surface area contributed by atoms with Gasteiger partial charge in [0.2, 0.25) is 0 Å². The average molecular weight is 273 g/mol. The molecule has 7 heteroatoms. The molecule has 2 rings (SSSR count). The Bertz CT molecular complexity index is 603. The van der Waals surface area contributed by atoms with Crippen LogP contribution < -0.4 is 16.2 Å². The Labute approximate surface area is 116 Å². The van der Waals surface area contributed by atoms with E-state index in [2.05, 4.69) is 10.4 Å². The summed E-state index contributed by atoms with van der Waals surface area (Å²) in [4.78, 5) is 16.4. The molecule has 1 aromatic carbocycles. The second-order valence-corrected chi connectivity index (χ2v) is 4.36. The Kier molecular flexibility index (Phi) is 4.11. The number of nitrogens with one attached hydrogen (secondary N) is 1. The molecule has 1 aromatic heterocycles. The first-order valence-corrected chi connectivity index (χ1v) is 5.96. The van der Waals surface area contributed by atoms with Gasteiger partial charge in [-0.05, 0) is 17.7 Å². The smallest absolute Gasteiger partial charge is 0.273 e. The molecule has 7 nitrogen and oxygen atoms in total. The Morgan fingerprint density at radius 2 is 2.25 bits per heavy atom. The Balaban J connectivity index is 2.27. The lowest BCUT2D eigenvalue weighted by Crippen LogP contribution is -2.17. The molecule has 0 atom stereocenters. The molecule has 0 amide bonds. The summed E-state index contributed by atoms with van der Waals surface area (Å²) in [5.41, 5.74) is 4.65. The van der Waals surface area contributed by atoms with E-state index in [9.17, 15) is 10.1 Å². The number of non-ortho nitro benzene ring substituents is 1. The number of hydrazine groups is 1. The third-order valence-corrected chi connectivity index (χ3v) is 2.86. The van der Waals surface area contributed by atoms with Gasteiger partial charge < -0.3 is 10.3 Å². The number of rotatable bonds is 5. The number of hydrogen-bond donors (Lipinski definition) is 2. The lowest BCUT2D eigenvalue weighted by molar-refractivity contribution is -0.384. The van der Waals surface area contributed by atoms with Crippen molar-refractivity contribution < 1.29 is 4.92 Å². The van der Waals surface area contributed by atoms with Crippen molar-refractivity contribution in [3.63, 3.8) is 0 Å². The van der Waals surface area contributed by atoms with Crippen LogP contribution in [0.15, 0.2) is 42.7 Å². The standard InChI is InChI=1S/C13H15N5O2/c1-17(9-10-3-2-4-15-8-10)12-5-11(16-14)6-13(7-12)18(19)20/h2-8,16H,9,14H2,1H3. The Hall–Kier alpha value is -2.67. The van der Waals surface area contributed by atoms with Crippen molar-refractivity contribution in [2.75, 3.05) is 17.4 Å². The normalized spacial score (nSPS) is 10.1. The van der Waals surface area contributed by atoms with E-state index >= 15 is 0 Å². The van der Waals surface area contributed by atoms with Crippen molar-refractivity contribution in [1.82, 2.24) is 4.98 Å². The van der Waals surface area contributed by atoms with Crippen LogP contribution >= 0.6 is 0 Å². The van der Waals surface area contributed by atoms with Crippen molar-refractivity contribution in [3.8, 4) is 0 Å². The minimum atomic E-state index is -0.442. The van der Waals surface area contributed by atoms with Crippen molar-refractivity contribution in [2.24, 2.45) is 5.84 Å². The van der Waals surface area contributed by atoms with Crippen LogP contribution in [0.5, 0.6) is 0 Å². The van der Waals surface area contributed by atoms with Gasteiger partial charge >= 0.3 is 0 Å². The van der Waals surface area contributed by atoms with Crippen molar-refractivity contribution >= 4 is 17.1 Å². The van der Waals surface area contributed by atoms with Gasteiger partial charge in [0.1, 0.15) is 0 Å². The third-order valence-electron chi connectivity index (χ3n) is 2.86. The fraction of sp³-hybridized carbons (Fsp3) is 0.154. The monoisotopic (exact) mass is 273 g/mol. The van der Waals surface area contributed by atoms with Crippen LogP contribution in [0.2, 0.25) is 0 Å². The molecule has 0 saturated heterocycles. The number of pyridine rings is 1.